The lowest BCUT2D eigenvalue weighted by Gasteiger charge is -2.40. The molecule has 1 saturated heterocycles. The molecule has 1 unspecified atom stereocenters. The lowest BCUT2D eigenvalue weighted by Crippen LogP contribution is -2.52. The van der Waals surface area contributed by atoms with E-state index in [2.05, 4.69) is 22.1 Å². The van der Waals surface area contributed by atoms with Gasteiger partial charge in [-0.15, -0.1) is 0 Å². The van der Waals surface area contributed by atoms with E-state index in [9.17, 15) is 4.79 Å². The fourth-order valence-electron chi connectivity index (χ4n) is 3.35. The average Bonchev–Trinajstić information content (AvgIpc) is 3.38. The van der Waals surface area contributed by atoms with E-state index in [1.807, 2.05) is 24.5 Å². The summed E-state index contributed by atoms with van der Waals surface area (Å²) in [6, 6.07) is 4.48. The summed E-state index contributed by atoms with van der Waals surface area (Å²) >= 11 is 0. The smallest absolute Gasteiger partial charge is 0.230 e. The molecule has 4 heteroatoms. The number of hydrogen-bond donors (Lipinski definition) is 1. The van der Waals surface area contributed by atoms with E-state index in [0.717, 1.165) is 51.7 Å². The van der Waals surface area contributed by atoms with Crippen LogP contribution in [0.5, 0.6) is 0 Å². The minimum absolute atomic E-state index is 0.187. The van der Waals surface area contributed by atoms with Gasteiger partial charge < -0.3 is 10.2 Å². The summed E-state index contributed by atoms with van der Waals surface area (Å²) in [5, 5.41) is 3.43. The first-order chi connectivity index (χ1) is 10.2. The zero-order valence-corrected chi connectivity index (χ0v) is 12.8. The summed E-state index contributed by atoms with van der Waals surface area (Å²) in [5.41, 5.74) is 0.994. The zero-order chi connectivity index (χ0) is 14.7. The van der Waals surface area contributed by atoms with E-state index in [1.54, 1.807) is 0 Å². The number of nitrogens with zero attached hydrogens (tertiary/aromatic N) is 2. The first kappa shape index (κ1) is 14.5. The number of carbonyl (C=O) groups excluding carboxylic acids is 1. The van der Waals surface area contributed by atoms with Gasteiger partial charge in [-0.25, -0.2) is 0 Å². The Kier molecular flexibility index (Phi) is 4.24. The molecule has 1 aromatic rings. The van der Waals surface area contributed by atoms with Crippen molar-refractivity contribution in [3.8, 4) is 0 Å². The Morgan fingerprint density at radius 3 is 2.76 bits per heavy atom. The second-order valence-corrected chi connectivity index (χ2v) is 6.43. The standard InChI is InChI=1S/C17H25N3O/c1-2-17(8-3-9-19-13-17)16(21)20(15-4-5-15)12-14-6-10-18-11-7-14/h6-7,10-11,15,19H,2-5,8-9,12-13H2,1H3. The van der Waals surface area contributed by atoms with Crippen LogP contribution in [0.2, 0.25) is 0 Å². The van der Waals surface area contributed by atoms with Crippen molar-refractivity contribution in [2.75, 3.05) is 13.1 Å². The van der Waals surface area contributed by atoms with Gasteiger partial charge in [-0.1, -0.05) is 6.92 Å². The van der Waals surface area contributed by atoms with E-state index >= 15 is 0 Å². The van der Waals surface area contributed by atoms with Crippen LogP contribution in [0.25, 0.3) is 0 Å². The van der Waals surface area contributed by atoms with Crippen molar-refractivity contribution in [1.82, 2.24) is 15.2 Å². The summed E-state index contributed by atoms with van der Waals surface area (Å²) in [7, 11) is 0. The lowest BCUT2D eigenvalue weighted by molar-refractivity contribution is -0.145. The summed E-state index contributed by atoms with van der Waals surface area (Å²) in [6.45, 7) is 4.76. The number of rotatable bonds is 5. The minimum atomic E-state index is -0.187. The van der Waals surface area contributed by atoms with Gasteiger partial charge in [0.25, 0.3) is 0 Å². The maximum Gasteiger partial charge on any atom is 0.230 e. The molecule has 2 heterocycles. The van der Waals surface area contributed by atoms with Gasteiger partial charge in [-0.2, -0.15) is 0 Å². The highest BCUT2D eigenvalue weighted by molar-refractivity contribution is 5.83. The van der Waals surface area contributed by atoms with Crippen molar-refractivity contribution in [3.63, 3.8) is 0 Å². The molecule has 4 nitrogen and oxygen atoms in total. The molecule has 1 N–H and O–H groups in total. The van der Waals surface area contributed by atoms with Crippen molar-refractivity contribution < 1.29 is 4.79 Å². The van der Waals surface area contributed by atoms with Crippen LogP contribution in [-0.2, 0) is 11.3 Å². The maximum atomic E-state index is 13.2. The highest BCUT2D eigenvalue weighted by Crippen LogP contribution is 2.37. The second-order valence-electron chi connectivity index (χ2n) is 6.43. The third-order valence-corrected chi connectivity index (χ3v) is 4.95. The number of hydrogen-bond acceptors (Lipinski definition) is 3. The predicted molar refractivity (Wildman–Crippen MR) is 82.6 cm³/mol. The largest absolute Gasteiger partial charge is 0.335 e. The molecular formula is C17H25N3O. The van der Waals surface area contributed by atoms with E-state index in [4.69, 9.17) is 0 Å². The molecule has 1 amide bonds. The highest BCUT2D eigenvalue weighted by atomic mass is 16.2. The third-order valence-electron chi connectivity index (χ3n) is 4.95. The second kappa shape index (κ2) is 6.14. The predicted octanol–water partition coefficient (Wildman–Crippen LogP) is 2.35. The van der Waals surface area contributed by atoms with Gasteiger partial charge in [0.2, 0.25) is 5.91 Å². The normalized spacial score (nSPS) is 25.6. The Morgan fingerprint density at radius 1 is 1.43 bits per heavy atom. The van der Waals surface area contributed by atoms with Gasteiger partial charge in [-0.3, -0.25) is 9.78 Å². The topological polar surface area (TPSA) is 45.2 Å². The molecule has 114 valence electrons. The molecular weight excluding hydrogens is 262 g/mol. The SMILES string of the molecule is CCC1(C(=O)N(Cc2ccncc2)C2CC2)CCCNC1. The van der Waals surface area contributed by atoms with Gasteiger partial charge in [0.15, 0.2) is 0 Å². The fraction of sp³-hybridized carbons (Fsp3) is 0.647. The molecule has 1 saturated carbocycles. The van der Waals surface area contributed by atoms with E-state index < -0.39 is 0 Å². The van der Waals surface area contributed by atoms with Gasteiger partial charge in [0.05, 0.1) is 5.41 Å². The van der Waals surface area contributed by atoms with Gasteiger partial charge >= 0.3 is 0 Å². The number of aromatic nitrogens is 1. The van der Waals surface area contributed by atoms with Crippen LogP contribution >= 0.6 is 0 Å². The molecule has 2 aliphatic rings. The first-order valence-electron chi connectivity index (χ1n) is 8.16. The summed E-state index contributed by atoms with van der Waals surface area (Å²) in [4.78, 5) is 19.4. The quantitative estimate of drug-likeness (QED) is 0.904. The summed E-state index contributed by atoms with van der Waals surface area (Å²) in [5.74, 6) is 0.358. The number of carbonyl (C=O) groups is 1. The molecule has 1 atom stereocenters. The molecule has 1 aliphatic heterocycles. The molecule has 21 heavy (non-hydrogen) atoms. The summed E-state index contributed by atoms with van der Waals surface area (Å²) < 4.78 is 0. The Hall–Kier alpha value is -1.42. The third kappa shape index (κ3) is 3.10. The average molecular weight is 287 g/mol. The van der Waals surface area contributed by atoms with Crippen LogP contribution in [0, 0.1) is 5.41 Å². The van der Waals surface area contributed by atoms with E-state index in [0.29, 0.717) is 11.9 Å². The molecule has 0 bridgehead atoms. The van der Waals surface area contributed by atoms with Crippen molar-refractivity contribution in [1.29, 1.82) is 0 Å². The van der Waals surface area contributed by atoms with Crippen molar-refractivity contribution in [3.05, 3.63) is 30.1 Å². The molecule has 0 spiro atoms. The van der Waals surface area contributed by atoms with Crippen LogP contribution in [0.4, 0.5) is 0 Å². The molecule has 0 radical (unpaired) electrons. The van der Waals surface area contributed by atoms with Crippen molar-refractivity contribution >= 4 is 5.91 Å². The van der Waals surface area contributed by atoms with E-state index in [-0.39, 0.29) is 5.41 Å². The Bertz CT molecular complexity index is 478. The van der Waals surface area contributed by atoms with Crippen LogP contribution in [0.3, 0.4) is 0 Å². The number of piperidine rings is 1. The molecule has 2 fully saturated rings. The van der Waals surface area contributed by atoms with Gasteiger partial charge in [-0.05, 0) is 56.3 Å². The maximum absolute atomic E-state index is 13.2. The fourth-order valence-corrected chi connectivity index (χ4v) is 3.35. The monoisotopic (exact) mass is 287 g/mol. The number of nitrogens with one attached hydrogen (secondary N) is 1. The minimum Gasteiger partial charge on any atom is -0.335 e. The highest BCUT2D eigenvalue weighted by Gasteiger charge is 2.44. The van der Waals surface area contributed by atoms with Crippen LogP contribution < -0.4 is 5.32 Å². The lowest BCUT2D eigenvalue weighted by atomic mass is 9.77. The number of amides is 1. The molecule has 1 aromatic heterocycles. The van der Waals surface area contributed by atoms with Crippen molar-refractivity contribution in [2.45, 2.75) is 51.6 Å². The van der Waals surface area contributed by atoms with Crippen LogP contribution in [-0.4, -0.2) is 34.9 Å². The van der Waals surface area contributed by atoms with Crippen molar-refractivity contribution in [2.24, 2.45) is 5.41 Å². The zero-order valence-electron chi connectivity index (χ0n) is 12.8. The van der Waals surface area contributed by atoms with Gasteiger partial charge in [0.1, 0.15) is 0 Å². The molecule has 1 aliphatic carbocycles. The van der Waals surface area contributed by atoms with Crippen LogP contribution in [0.15, 0.2) is 24.5 Å². The molecule has 3 rings (SSSR count). The Balaban J connectivity index is 1.78. The van der Waals surface area contributed by atoms with E-state index in [1.165, 1.54) is 5.56 Å². The Morgan fingerprint density at radius 2 is 2.19 bits per heavy atom. The van der Waals surface area contributed by atoms with Crippen LogP contribution in [0.1, 0.15) is 44.6 Å². The molecule has 0 aromatic carbocycles. The summed E-state index contributed by atoms with van der Waals surface area (Å²) in [6.07, 6.45) is 8.99. The van der Waals surface area contributed by atoms with Gasteiger partial charge in [0, 0.05) is 31.5 Å². The Labute approximate surface area is 126 Å². The first-order valence-corrected chi connectivity index (χ1v) is 8.16. The number of pyridine rings is 1.